The van der Waals surface area contributed by atoms with Gasteiger partial charge in [0.25, 0.3) is 0 Å². The van der Waals surface area contributed by atoms with Crippen LogP contribution in [0, 0.1) is 5.82 Å². The molecule has 0 aliphatic rings. The highest BCUT2D eigenvalue weighted by Gasteiger charge is 2.22. The molecular formula is C15H14FNO4. The maximum Gasteiger partial charge on any atom is 0.357 e. The first-order chi connectivity index (χ1) is 10.1. The SMILES string of the molecule is CCOC(=O)c1cc2cc(F)ccc2nc1C(=O)OCC. The van der Waals surface area contributed by atoms with Crippen LogP contribution in [-0.2, 0) is 9.47 Å². The van der Waals surface area contributed by atoms with Crippen LogP contribution in [0.25, 0.3) is 10.9 Å². The Bertz CT molecular complexity index is 699. The first kappa shape index (κ1) is 14.9. The Morgan fingerprint density at radius 2 is 1.76 bits per heavy atom. The van der Waals surface area contributed by atoms with Gasteiger partial charge in [0.05, 0.1) is 24.3 Å². The topological polar surface area (TPSA) is 65.5 Å². The summed E-state index contributed by atoms with van der Waals surface area (Å²) in [5, 5.41) is 0.408. The molecule has 0 bridgehead atoms. The van der Waals surface area contributed by atoms with Gasteiger partial charge in [-0.25, -0.2) is 19.0 Å². The number of ether oxygens (including phenoxy) is 2. The lowest BCUT2D eigenvalue weighted by Crippen LogP contribution is -2.16. The van der Waals surface area contributed by atoms with Crippen molar-refractivity contribution in [1.29, 1.82) is 0 Å². The van der Waals surface area contributed by atoms with E-state index in [1.165, 1.54) is 24.3 Å². The third kappa shape index (κ3) is 3.16. The number of halogens is 1. The van der Waals surface area contributed by atoms with E-state index in [-0.39, 0.29) is 24.5 Å². The van der Waals surface area contributed by atoms with Crippen molar-refractivity contribution in [3.05, 3.63) is 41.3 Å². The van der Waals surface area contributed by atoms with Gasteiger partial charge in [0.1, 0.15) is 5.82 Å². The molecule has 0 unspecified atom stereocenters. The molecule has 0 spiro atoms. The van der Waals surface area contributed by atoms with E-state index < -0.39 is 17.8 Å². The van der Waals surface area contributed by atoms with Gasteiger partial charge >= 0.3 is 11.9 Å². The lowest BCUT2D eigenvalue weighted by atomic mass is 10.1. The van der Waals surface area contributed by atoms with E-state index in [2.05, 4.69) is 4.98 Å². The van der Waals surface area contributed by atoms with Gasteiger partial charge in [-0.15, -0.1) is 0 Å². The zero-order chi connectivity index (χ0) is 15.4. The number of esters is 2. The first-order valence-corrected chi connectivity index (χ1v) is 6.51. The average molecular weight is 291 g/mol. The van der Waals surface area contributed by atoms with Gasteiger partial charge in [0, 0.05) is 5.39 Å². The van der Waals surface area contributed by atoms with Crippen molar-refractivity contribution in [1.82, 2.24) is 4.98 Å². The van der Waals surface area contributed by atoms with Crippen LogP contribution in [0.15, 0.2) is 24.3 Å². The molecule has 0 amide bonds. The monoisotopic (exact) mass is 291 g/mol. The average Bonchev–Trinajstić information content (AvgIpc) is 2.46. The number of benzene rings is 1. The van der Waals surface area contributed by atoms with Crippen molar-refractivity contribution in [2.24, 2.45) is 0 Å². The summed E-state index contributed by atoms with van der Waals surface area (Å²) in [7, 11) is 0. The van der Waals surface area contributed by atoms with E-state index in [1.807, 2.05) is 0 Å². The molecule has 2 aromatic rings. The molecule has 0 fully saturated rings. The predicted octanol–water partition coefficient (Wildman–Crippen LogP) is 2.73. The maximum absolute atomic E-state index is 13.3. The second-order valence-electron chi connectivity index (χ2n) is 4.16. The number of aromatic nitrogens is 1. The number of fused-ring (bicyclic) bond motifs is 1. The second-order valence-corrected chi connectivity index (χ2v) is 4.16. The lowest BCUT2D eigenvalue weighted by molar-refractivity contribution is 0.0474. The van der Waals surface area contributed by atoms with Crippen LogP contribution in [0.1, 0.15) is 34.7 Å². The Kier molecular flexibility index (Phi) is 4.47. The molecule has 0 N–H and O–H groups in total. The van der Waals surface area contributed by atoms with Gasteiger partial charge in [-0.05, 0) is 38.1 Å². The summed E-state index contributed by atoms with van der Waals surface area (Å²) in [6, 6.07) is 5.28. The van der Waals surface area contributed by atoms with Crippen LogP contribution in [-0.4, -0.2) is 30.1 Å². The second kappa shape index (κ2) is 6.30. The summed E-state index contributed by atoms with van der Waals surface area (Å²) in [6.07, 6.45) is 0. The molecule has 5 nitrogen and oxygen atoms in total. The molecular weight excluding hydrogens is 277 g/mol. The number of hydrogen-bond donors (Lipinski definition) is 0. The standard InChI is InChI=1S/C15H14FNO4/c1-3-20-14(18)11-8-9-7-10(16)5-6-12(9)17-13(11)15(19)21-4-2/h5-8H,3-4H2,1-2H3. The number of pyridine rings is 1. The molecule has 0 saturated carbocycles. The third-order valence-corrected chi connectivity index (χ3v) is 2.74. The summed E-state index contributed by atoms with van der Waals surface area (Å²) in [5.41, 5.74) is 0.232. The Morgan fingerprint density at radius 3 is 2.43 bits per heavy atom. The van der Waals surface area contributed by atoms with Crippen LogP contribution >= 0.6 is 0 Å². The maximum atomic E-state index is 13.3. The Hall–Kier alpha value is -2.50. The van der Waals surface area contributed by atoms with E-state index in [0.29, 0.717) is 10.9 Å². The van der Waals surface area contributed by atoms with Crippen molar-refractivity contribution in [3.63, 3.8) is 0 Å². The first-order valence-electron chi connectivity index (χ1n) is 6.51. The van der Waals surface area contributed by atoms with E-state index in [4.69, 9.17) is 9.47 Å². The third-order valence-electron chi connectivity index (χ3n) is 2.74. The number of rotatable bonds is 4. The Morgan fingerprint density at radius 1 is 1.10 bits per heavy atom. The fraction of sp³-hybridized carbons (Fsp3) is 0.267. The molecule has 6 heteroatoms. The Labute approximate surface area is 120 Å². The van der Waals surface area contributed by atoms with Crippen molar-refractivity contribution < 1.29 is 23.5 Å². The number of carbonyl (C=O) groups is 2. The zero-order valence-corrected chi connectivity index (χ0v) is 11.7. The van der Waals surface area contributed by atoms with E-state index >= 15 is 0 Å². The smallest absolute Gasteiger partial charge is 0.357 e. The minimum absolute atomic E-state index is 0.0339. The summed E-state index contributed by atoms with van der Waals surface area (Å²) in [6.45, 7) is 3.61. The zero-order valence-electron chi connectivity index (χ0n) is 11.7. The molecule has 1 heterocycles. The van der Waals surface area contributed by atoms with E-state index in [9.17, 15) is 14.0 Å². The van der Waals surface area contributed by atoms with Crippen molar-refractivity contribution in [2.75, 3.05) is 13.2 Å². The molecule has 0 aliphatic carbocycles. The summed E-state index contributed by atoms with van der Waals surface area (Å²) in [5.74, 6) is -1.87. The van der Waals surface area contributed by atoms with Gasteiger partial charge < -0.3 is 9.47 Å². The number of hydrogen-bond acceptors (Lipinski definition) is 5. The molecule has 0 aliphatic heterocycles. The highest BCUT2D eigenvalue weighted by Crippen LogP contribution is 2.20. The van der Waals surface area contributed by atoms with Crippen molar-refractivity contribution in [3.8, 4) is 0 Å². The van der Waals surface area contributed by atoms with Crippen LogP contribution in [0.4, 0.5) is 4.39 Å². The fourth-order valence-corrected chi connectivity index (χ4v) is 1.87. The fourth-order valence-electron chi connectivity index (χ4n) is 1.87. The molecule has 21 heavy (non-hydrogen) atoms. The summed E-state index contributed by atoms with van der Waals surface area (Å²) in [4.78, 5) is 28.0. The van der Waals surface area contributed by atoms with Gasteiger partial charge in [-0.1, -0.05) is 0 Å². The van der Waals surface area contributed by atoms with Crippen LogP contribution in [0.3, 0.4) is 0 Å². The quantitative estimate of drug-likeness (QED) is 0.810. The van der Waals surface area contributed by atoms with Crippen molar-refractivity contribution in [2.45, 2.75) is 13.8 Å². The predicted molar refractivity (Wildman–Crippen MR) is 73.6 cm³/mol. The summed E-state index contributed by atoms with van der Waals surface area (Å²) >= 11 is 0. The van der Waals surface area contributed by atoms with Gasteiger partial charge in [-0.3, -0.25) is 0 Å². The van der Waals surface area contributed by atoms with Crippen LogP contribution in [0.2, 0.25) is 0 Å². The highest BCUT2D eigenvalue weighted by molar-refractivity contribution is 6.04. The highest BCUT2D eigenvalue weighted by atomic mass is 19.1. The molecule has 1 aromatic carbocycles. The van der Waals surface area contributed by atoms with E-state index in [1.54, 1.807) is 13.8 Å². The molecule has 110 valence electrons. The molecule has 1 aromatic heterocycles. The van der Waals surface area contributed by atoms with Crippen LogP contribution in [0.5, 0.6) is 0 Å². The van der Waals surface area contributed by atoms with Gasteiger partial charge in [-0.2, -0.15) is 0 Å². The molecule has 0 radical (unpaired) electrons. The number of nitrogens with zero attached hydrogens (tertiary/aromatic N) is 1. The molecule has 0 atom stereocenters. The van der Waals surface area contributed by atoms with E-state index in [0.717, 1.165) is 0 Å². The minimum Gasteiger partial charge on any atom is -0.462 e. The Balaban J connectivity index is 2.62. The largest absolute Gasteiger partial charge is 0.462 e. The summed E-state index contributed by atoms with van der Waals surface area (Å²) < 4.78 is 23.0. The van der Waals surface area contributed by atoms with Crippen molar-refractivity contribution >= 4 is 22.8 Å². The lowest BCUT2D eigenvalue weighted by Gasteiger charge is -2.09. The molecule has 2 rings (SSSR count). The van der Waals surface area contributed by atoms with Gasteiger partial charge in [0.15, 0.2) is 5.69 Å². The van der Waals surface area contributed by atoms with Gasteiger partial charge in [0.2, 0.25) is 0 Å². The number of carbonyl (C=O) groups excluding carboxylic acids is 2. The normalized spacial score (nSPS) is 10.4. The molecule has 0 saturated heterocycles. The minimum atomic E-state index is -0.716. The van der Waals surface area contributed by atoms with Crippen LogP contribution < -0.4 is 0 Å².